The maximum absolute atomic E-state index is 6.25. The Kier molecular flexibility index (Phi) is 4.61. The molecule has 0 radical (unpaired) electrons. The van der Waals surface area contributed by atoms with Gasteiger partial charge in [0, 0.05) is 10.6 Å². The molecule has 0 spiro atoms. The average molecular weight is 354 g/mol. The summed E-state index contributed by atoms with van der Waals surface area (Å²) in [5.74, 6) is -0.818. The molecule has 1 fully saturated rings. The summed E-state index contributed by atoms with van der Waals surface area (Å²) >= 11 is 15.6. The van der Waals surface area contributed by atoms with Gasteiger partial charge in [0.05, 0.1) is 22.6 Å². The summed E-state index contributed by atoms with van der Waals surface area (Å²) in [6.45, 7) is 4.10. The van der Waals surface area contributed by atoms with Gasteiger partial charge >= 0.3 is 0 Å². The number of halogens is 3. The lowest BCUT2D eigenvalue weighted by Gasteiger charge is -2.27. The molecule has 1 heterocycles. The number of alkyl halides is 1. The molecule has 0 saturated carbocycles. The summed E-state index contributed by atoms with van der Waals surface area (Å²) in [6.07, 6.45) is 1.02. The molecule has 1 saturated heterocycles. The third-order valence-corrected chi connectivity index (χ3v) is 4.45. The van der Waals surface area contributed by atoms with E-state index in [0.29, 0.717) is 15.4 Å². The number of rotatable bonds is 3. The van der Waals surface area contributed by atoms with Crippen LogP contribution >= 0.6 is 39.1 Å². The van der Waals surface area contributed by atoms with Gasteiger partial charge in [-0.25, -0.2) is 0 Å². The highest BCUT2D eigenvalue weighted by molar-refractivity contribution is 9.09. The predicted octanol–water partition coefficient (Wildman–Crippen LogP) is 4.76. The monoisotopic (exact) mass is 352 g/mol. The van der Waals surface area contributed by atoms with E-state index in [1.807, 2.05) is 13.0 Å². The second kappa shape index (κ2) is 5.68. The first-order valence-electron chi connectivity index (χ1n) is 5.89. The number of ether oxygens (including phenoxy) is 2. The molecular weight excluding hydrogens is 339 g/mol. The van der Waals surface area contributed by atoms with Gasteiger partial charge in [-0.05, 0) is 25.5 Å². The molecular formula is C13H15BrCl2O2. The van der Waals surface area contributed by atoms with E-state index in [9.17, 15) is 0 Å². The molecule has 5 heteroatoms. The minimum atomic E-state index is -0.818. The quantitative estimate of drug-likeness (QED) is 0.729. The van der Waals surface area contributed by atoms with Crippen LogP contribution in [0.25, 0.3) is 0 Å². The molecule has 0 aliphatic carbocycles. The predicted molar refractivity (Wildman–Crippen MR) is 77.6 cm³/mol. The normalized spacial score (nSPS) is 31.8. The van der Waals surface area contributed by atoms with Crippen LogP contribution in [0.5, 0.6) is 0 Å². The maximum Gasteiger partial charge on any atom is 0.206 e. The molecule has 18 heavy (non-hydrogen) atoms. The Hall–Kier alpha value is 0.200. The van der Waals surface area contributed by atoms with E-state index in [-0.39, 0.29) is 12.2 Å². The average Bonchev–Trinajstić information content (AvgIpc) is 2.67. The van der Waals surface area contributed by atoms with Crippen LogP contribution in [0.15, 0.2) is 18.2 Å². The van der Waals surface area contributed by atoms with Crippen LogP contribution in [0, 0.1) is 0 Å². The van der Waals surface area contributed by atoms with Gasteiger partial charge in [0.2, 0.25) is 5.79 Å². The van der Waals surface area contributed by atoms with Crippen LogP contribution in [0.1, 0.15) is 25.8 Å². The molecule has 3 atom stereocenters. The van der Waals surface area contributed by atoms with Crippen molar-refractivity contribution in [2.24, 2.45) is 0 Å². The van der Waals surface area contributed by atoms with Crippen molar-refractivity contribution in [1.82, 2.24) is 0 Å². The molecule has 0 bridgehead atoms. The van der Waals surface area contributed by atoms with E-state index in [1.165, 1.54) is 0 Å². The zero-order chi connectivity index (χ0) is 13.3. The van der Waals surface area contributed by atoms with E-state index >= 15 is 0 Å². The van der Waals surface area contributed by atoms with Gasteiger partial charge in [0.15, 0.2) is 0 Å². The van der Waals surface area contributed by atoms with E-state index in [1.54, 1.807) is 12.1 Å². The van der Waals surface area contributed by atoms with E-state index in [0.717, 1.165) is 12.0 Å². The Morgan fingerprint density at radius 1 is 1.33 bits per heavy atom. The fourth-order valence-corrected chi connectivity index (χ4v) is 3.34. The van der Waals surface area contributed by atoms with E-state index in [4.69, 9.17) is 32.7 Å². The van der Waals surface area contributed by atoms with Gasteiger partial charge in [0.25, 0.3) is 0 Å². The van der Waals surface area contributed by atoms with Crippen LogP contribution < -0.4 is 0 Å². The molecule has 1 aliphatic rings. The highest BCUT2D eigenvalue weighted by Gasteiger charge is 2.46. The lowest BCUT2D eigenvalue weighted by Crippen LogP contribution is -2.30. The zero-order valence-electron chi connectivity index (χ0n) is 10.3. The summed E-state index contributed by atoms with van der Waals surface area (Å²) in [7, 11) is 0. The van der Waals surface area contributed by atoms with Gasteiger partial charge in [-0.15, -0.1) is 0 Å². The Balaban J connectivity index is 2.39. The van der Waals surface area contributed by atoms with Crippen LogP contribution in [0.4, 0.5) is 0 Å². The first-order chi connectivity index (χ1) is 8.52. The standard InChI is InChI=1S/C13H15BrCl2O2/c1-3-12-8(2)17-13(7-14,18-12)10-5-4-9(15)6-11(10)16/h4-6,8,12H,3,7H2,1-2H3. The Morgan fingerprint density at radius 2 is 2.06 bits per heavy atom. The van der Waals surface area contributed by atoms with Crippen molar-refractivity contribution in [3.05, 3.63) is 33.8 Å². The highest BCUT2D eigenvalue weighted by Crippen LogP contribution is 2.43. The van der Waals surface area contributed by atoms with Crippen LogP contribution in [-0.2, 0) is 15.3 Å². The second-order valence-corrected chi connectivity index (χ2v) is 5.80. The van der Waals surface area contributed by atoms with Gasteiger partial charge < -0.3 is 9.47 Å². The molecule has 2 rings (SSSR count). The smallest absolute Gasteiger partial charge is 0.206 e. The Bertz CT molecular complexity index is 441. The van der Waals surface area contributed by atoms with Gasteiger partial charge in [0.1, 0.15) is 0 Å². The minimum absolute atomic E-state index is 0.0410. The minimum Gasteiger partial charge on any atom is -0.339 e. The topological polar surface area (TPSA) is 18.5 Å². The van der Waals surface area contributed by atoms with Gasteiger partial charge in [-0.1, -0.05) is 52.1 Å². The van der Waals surface area contributed by atoms with Gasteiger partial charge in [-0.2, -0.15) is 0 Å². The lowest BCUT2D eigenvalue weighted by atomic mass is 10.1. The Labute approximate surface area is 126 Å². The molecule has 0 N–H and O–H groups in total. The summed E-state index contributed by atoms with van der Waals surface area (Å²) in [5, 5.41) is 1.69. The largest absolute Gasteiger partial charge is 0.339 e. The van der Waals surface area contributed by atoms with Gasteiger partial charge in [-0.3, -0.25) is 0 Å². The third-order valence-electron chi connectivity index (χ3n) is 3.16. The third kappa shape index (κ3) is 2.56. The van der Waals surface area contributed by atoms with Crippen LogP contribution in [0.3, 0.4) is 0 Å². The Morgan fingerprint density at radius 3 is 2.56 bits per heavy atom. The fraction of sp³-hybridized carbons (Fsp3) is 0.538. The molecule has 1 aliphatic heterocycles. The van der Waals surface area contributed by atoms with Crippen molar-refractivity contribution in [3.63, 3.8) is 0 Å². The summed E-state index contributed by atoms with van der Waals surface area (Å²) in [6, 6.07) is 5.36. The SMILES string of the molecule is CCC1OC(CBr)(c2ccc(Cl)cc2Cl)OC1C. The van der Waals surface area contributed by atoms with Crippen molar-refractivity contribution >= 4 is 39.1 Å². The molecule has 2 nitrogen and oxygen atoms in total. The zero-order valence-corrected chi connectivity index (χ0v) is 13.3. The lowest BCUT2D eigenvalue weighted by molar-refractivity contribution is -0.163. The first kappa shape index (κ1) is 14.6. The number of benzene rings is 1. The second-order valence-electron chi connectivity index (χ2n) is 4.40. The van der Waals surface area contributed by atoms with Crippen molar-refractivity contribution < 1.29 is 9.47 Å². The molecule has 3 unspecified atom stereocenters. The molecule has 1 aromatic rings. The first-order valence-corrected chi connectivity index (χ1v) is 7.77. The maximum atomic E-state index is 6.25. The molecule has 0 aromatic heterocycles. The molecule has 0 amide bonds. The van der Waals surface area contributed by atoms with E-state index in [2.05, 4.69) is 22.9 Å². The van der Waals surface area contributed by atoms with Crippen LogP contribution in [-0.4, -0.2) is 17.5 Å². The van der Waals surface area contributed by atoms with Crippen molar-refractivity contribution in [2.75, 3.05) is 5.33 Å². The van der Waals surface area contributed by atoms with Crippen molar-refractivity contribution in [3.8, 4) is 0 Å². The van der Waals surface area contributed by atoms with Crippen LogP contribution in [0.2, 0.25) is 10.0 Å². The van der Waals surface area contributed by atoms with E-state index < -0.39 is 5.79 Å². The molecule has 100 valence electrons. The highest BCUT2D eigenvalue weighted by atomic mass is 79.9. The summed E-state index contributed by atoms with van der Waals surface area (Å²) < 4.78 is 12.1. The fourth-order valence-electron chi connectivity index (χ4n) is 2.22. The number of hydrogen-bond acceptors (Lipinski definition) is 2. The number of hydrogen-bond donors (Lipinski definition) is 0. The summed E-state index contributed by atoms with van der Waals surface area (Å²) in [4.78, 5) is 0. The summed E-state index contributed by atoms with van der Waals surface area (Å²) in [5.41, 5.74) is 0.813. The van der Waals surface area contributed by atoms with Crippen molar-refractivity contribution in [2.45, 2.75) is 38.3 Å². The van der Waals surface area contributed by atoms with Crippen molar-refractivity contribution in [1.29, 1.82) is 0 Å². The molecule has 1 aromatic carbocycles.